The number of aromatic hydroxyl groups is 1. The van der Waals surface area contributed by atoms with E-state index in [1.807, 2.05) is 24.3 Å². The molecule has 2 aromatic carbocycles. The van der Waals surface area contributed by atoms with Crippen LogP contribution >= 0.6 is 23.2 Å². The molecule has 0 aliphatic carbocycles. The van der Waals surface area contributed by atoms with Gasteiger partial charge in [0.1, 0.15) is 11.8 Å². The molecule has 2 aromatic rings. The van der Waals surface area contributed by atoms with Gasteiger partial charge in [-0.3, -0.25) is 9.59 Å². The molecule has 6 N–H and O–H groups in total. The lowest BCUT2D eigenvalue weighted by Crippen LogP contribution is -2.32. The highest BCUT2D eigenvalue weighted by Crippen LogP contribution is 2.16. The Hall–Kier alpha value is -2.48. The molecule has 0 radical (unpaired) electrons. The molecule has 0 unspecified atom stereocenters. The van der Waals surface area contributed by atoms with Gasteiger partial charge in [0.15, 0.2) is 0 Å². The third kappa shape index (κ3) is 8.60. The Morgan fingerprint density at radius 3 is 1.97 bits per heavy atom. The minimum atomic E-state index is -0.991. The summed E-state index contributed by atoms with van der Waals surface area (Å²) in [5.41, 5.74) is 12.5. The average Bonchev–Trinajstić information content (AvgIpc) is 2.69. The maximum Gasteiger partial charge on any atom is 0.320 e. The molecule has 158 valence electrons. The van der Waals surface area contributed by atoms with Gasteiger partial charge in [-0.2, -0.15) is 0 Å². The second kappa shape index (κ2) is 12.9. The zero-order chi connectivity index (χ0) is 21.8. The van der Waals surface area contributed by atoms with Crippen molar-refractivity contribution in [3.63, 3.8) is 0 Å². The third-order valence-corrected chi connectivity index (χ3v) is 4.29. The summed E-state index contributed by atoms with van der Waals surface area (Å²) in [6.07, 6.45) is 0.320. The number of benzene rings is 2. The van der Waals surface area contributed by atoms with Gasteiger partial charge in [0.25, 0.3) is 5.91 Å². The molecule has 0 fully saturated rings. The van der Waals surface area contributed by atoms with Crippen molar-refractivity contribution in [2.75, 3.05) is 29.7 Å². The van der Waals surface area contributed by atoms with Crippen LogP contribution in [-0.2, 0) is 11.2 Å². The number of para-hydroxylation sites is 1. The number of phenols is 1. The molecular weight excluding hydrogens is 417 g/mol. The first-order chi connectivity index (χ1) is 13.8. The Kier molecular flexibility index (Phi) is 10.9. The molecule has 0 bridgehead atoms. The normalized spacial score (nSPS) is 11.1. The smallest absolute Gasteiger partial charge is 0.320 e. The summed E-state index contributed by atoms with van der Waals surface area (Å²) >= 11 is 11.5. The van der Waals surface area contributed by atoms with Crippen LogP contribution in [0.4, 0.5) is 5.69 Å². The van der Waals surface area contributed by atoms with E-state index >= 15 is 0 Å². The van der Waals surface area contributed by atoms with Crippen molar-refractivity contribution in [2.45, 2.75) is 12.5 Å². The van der Waals surface area contributed by atoms with Crippen molar-refractivity contribution in [1.29, 1.82) is 0 Å². The van der Waals surface area contributed by atoms with Gasteiger partial charge in [0.2, 0.25) is 0 Å². The van der Waals surface area contributed by atoms with Crippen LogP contribution in [0.3, 0.4) is 0 Å². The van der Waals surface area contributed by atoms with Gasteiger partial charge in [-0.05, 0) is 36.2 Å². The standard InChI is InChI=1S/C13H18Cl2N2O2.C7H7NO2/c14-5-7-17(8-6-15)11-3-1-10(2-4-11)9-12(16)13(18)19;8-7(10)5-3-1-2-4-6(5)9/h1-4,12H,5-9,16H2,(H,18,19);1-4,9H,(H2,8,10)/t12-;/m0./s1. The summed E-state index contributed by atoms with van der Waals surface area (Å²) in [6.45, 7) is 1.45. The summed E-state index contributed by atoms with van der Waals surface area (Å²) in [7, 11) is 0. The van der Waals surface area contributed by atoms with E-state index in [2.05, 4.69) is 4.90 Å². The van der Waals surface area contributed by atoms with Crippen molar-refractivity contribution >= 4 is 40.8 Å². The zero-order valence-corrected chi connectivity index (χ0v) is 17.3. The molecule has 2 rings (SSSR count). The van der Waals surface area contributed by atoms with Crippen molar-refractivity contribution in [2.24, 2.45) is 11.5 Å². The van der Waals surface area contributed by atoms with Gasteiger partial charge < -0.3 is 26.6 Å². The number of aliphatic carboxylic acids is 1. The predicted octanol–water partition coefficient (Wildman–Crippen LogP) is 2.42. The van der Waals surface area contributed by atoms with Gasteiger partial charge in [-0.25, -0.2) is 0 Å². The molecule has 1 atom stereocenters. The van der Waals surface area contributed by atoms with E-state index in [0.717, 1.165) is 24.3 Å². The van der Waals surface area contributed by atoms with E-state index in [4.69, 9.17) is 44.9 Å². The van der Waals surface area contributed by atoms with Crippen LogP contribution in [0.1, 0.15) is 15.9 Å². The van der Waals surface area contributed by atoms with Crippen molar-refractivity contribution < 1.29 is 19.8 Å². The number of nitrogens with zero attached hydrogens (tertiary/aromatic N) is 1. The number of primary amides is 1. The molecule has 0 saturated carbocycles. The number of alkyl halides is 2. The molecule has 0 heterocycles. The van der Waals surface area contributed by atoms with Crippen LogP contribution in [0.15, 0.2) is 48.5 Å². The fourth-order valence-electron chi connectivity index (χ4n) is 2.44. The number of carboxylic acid groups (broad SMARTS) is 1. The first kappa shape index (κ1) is 24.6. The highest BCUT2D eigenvalue weighted by Gasteiger charge is 2.12. The topological polar surface area (TPSA) is 130 Å². The monoisotopic (exact) mass is 441 g/mol. The molecule has 0 aliphatic rings. The molecule has 7 nitrogen and oxygen atoms in total. The second-order valence-corrected chi connectivity index (χ2v) is 6.82. The molecule has 0 aliphatic heterocycles. The van der Waals surface area contributed by atoms with E-state index < -0.39 is 17.9 Å². The summed E-state index contributed by atoms with van der Waals surface area (Å²) in [5.74, 6) is -0.617. The lowest BCUT2D eigenvalue weighted by atomic mass is 10.1. The van der Waals surface area contributed by atoms with E-state index in [-0.39, 0.29) is 11.3 Å². The predicted molar refractivity (Wildman–Crippen MR) is 116 cm³/mol. The molecule has 0 aromatic heterocycles. The van der Waals surface area contributed by atoms with Crippen LogP contribution in [0, 0.1) is 0 Å². The van der Waals surface area contributed by atoms with E-state index in [1.54, 1.807) is 12.1 Å². The number of rotatable bonds is 9. The number of carbonyl (C=O) groups is 2. The van der Waals surface area contributed by atoms with Crippen LogP contribution in [0.5, 0.6) is 5.75 Å². The van der Waals surface area contributed by atoms with E-state index in [0.29, 0.717) is 18.2 Å². The maximum absolute atomic E-state index is 10.7. The number of hydrogen-bond donors (Lipinski definition) is 4. The Morgan fingerprint density at radius 2 is 1.55 bits per heavy atom. The Balaban J connectivity index is 0.000000352. The van der Waals surface area contributed by atoms with Crippen molar-refractivity contribution in [1.82, 2.24) is 0 Å². The summed E-state index contributed by atoms with van der Waals surface area (Å²) in [6, 6.07) is 12.9. The Labute approximate surface area is 179 Å². The Morgan fingerprint density at radius 1 is 1.00 bits per heavy atom. The van der Waals surface area contributed by atoms with Gasteiger partial charge >= 0.3 is 5.97 Å². The molecule has 1 amide bonds. The van der Waals surface area contributed by atoms with Crippen molar-refractivity contribution in [3.8, 4) is 5.75 Å². The summed E-state index contributed by atoms with van der Waals surface area (Å²) in [5, 5.41) is 17.7. The molecule has 29 heavy (non-hydrogen) atoms. The Bertz CT molecular complexity index is 782. The molecular formula is C20H25Cl2N3O4. The fraction of sp³-hybridized carbons (Fsp3) is 0.300. The van der Waals surface area contributed by atoms with E-state index in [1.165, 1.54) is 12.1 Å². The van der Waals surface area contributed by atoms with Crippen LogP contribution in [-0.4, -0.2) is 53.0 Å². The number of carboxylic acids is 1. The van der Waals surface area contributed by atoms with Crippen LogP contribution in [0.25, 0.3) is 0 Å². The first-order valence-corrected chi connectivity index (χ1v) is 9.89. The highest BCUT2D eigenvalue weighted by atomic mass is 35.5. The van der Waals surface area contributed by atoms with Gasteiger partial charge in [0, 0.05) is 30.5 Å². The highest BCUT2D eigenvalue weighted by molar-refractivity contribution is 6.18. The van der Waals surface area contributed by atoms with Gasteiger partial charge in [0.05, 0.1) is 5.56 Å². The lowest BCUT2D eigenvalue weighted by molar-refractivity contribution is -0.138. The van der Waals surface area contributed by atoms with Crippen LogP contribution < -0.4 is 16.4 Å². The number of hydrogen-bond acceptors (Lipinski definition) is 5. The quantitative estimate of drug-likeness (QED) is 0.442. The lowest BCUT2D eigenvalue weighted by Gasteiger charge is -2.23. The van der Waals surface area contributed by atoms with Crippen molar-refractivity contribution in [3.05, 3.63) is 59.7 Å². The number of anilines is 1. The largest absolute Gasteiger partial charge is 0.507 e. The minimum Gasteiger partial charge on any atom is -0.507 e. The van der Waals surface area contributed by atoms with Gasteiger partial charge in [-0.15, -0.1) is 23.2 Å². The summed E-state index contributed by atoms with van der Waals surface area (Å²) < 4.78 is 0. The molecule has 0 spiro atoms. The fourth-order valence-corrected chi connectivity index (χ4v) is 2.85. The second-order valence-electron chi connectivity index (χ2n) is 6.06. The molecule has 0 saturated heterocycles. The van der Waals surface area contributed by atoms with Gasteiger partial charge in [-0.1, -0.05) is 24.3 Å². The first-order valence-electron chi connectivity index (χ1n) is 8.82. The number of halogens is 2. The molecule has 9 heteroatoms. The number of carbonyl (C=O) groups excluding carboxylic acids is 1. The number of nitrogens with two attached hydrogens (primary N) is 2. The maximum atomic E-state index is 10.7. The SMILES string of the molecule is NC(=O)c1ccccc1O.N[C@@H](Cc1ccc(N(CCCl)CCCl)cc1)C(=O)O. The average molecular weight is 442 g/mol. The number of amides is 1. The third-order valence-electron chi connectivity index (χ3n) is 3.95. The minimum absolute atomic E-state index is 0.0741. The van der Waals surface area contributed by atoms with Crippen LogP contribution in [0.2, 0.25) is 0 Å². The summed E-state index contributed by atoms with van der Waals surface area (Å²) in [4.78, 5) is 23.3. The zero-order valence-electron chi connectivity index (χ0n) is 15.8. The van der Waals surface area contributed by atoms with E-state index in [9.17, 15) is 9.59 Å².